The molecule has 0 aliphatic heterocycles. The third-order valence-electron chi connectivity index (χ3n) is 3.14. The number of benzene rings is 1. The lowest BCUT2D eigenvalue weighted by Gasteiger charge is -2.07. The molecule has 0 aliphatic carbocycles. The molecule has 0 radical (unpaired) electrons. The van der Waals surface area contributed by atoms with E-state index in [1.165, 1.54) is 6.20 Å². The zero-order valence-corrected chi connectivity index (χ0v) is 14.0. The first kappa shape index (κ1) is 17.9. The maximum atomic E-state index is 11.5. The van der Waals surface area contributed by atoms with Gasteiger partial charge in [-0.25, -0.2) is 23.3 Å². The molecular weight excluding hydrogens is 330 g/mol. The lowest BCUT2D eigenvalue weighted by atomic mass is 10.1. The summed E-state index contributed by atoms with van der Waals surface area (Å²) in [5.74, 6) is 0.0380. The van der Waals surface area contributed by atoms with Gasteiger partial charge < -0.3 is 10.1 Å². The Balaban J connectivity index is 1.92. The molecule has 0 atom stereocenters. The highest BCUT2D eigenvalue weighted by atomic mass is 32.2. The van der Waals surface area contributed by atoms with Gasteiger partial charge in [-0.05, 0) is 30.2 Å². The van der Waals surface area contributed by atoms with Crippen LogP contribution in [0.2, 0.25) is 0 Å². The second kappa shape index (κ2) is 7.89. The summed E-state index contributed by atoms with van der Waals surface area (Å²) in [6.07, 6.45) is 1.45. The van der Waals surface area contributed by atoms with Crippen LogP contribution in [-0.4, -0.2) is 26.0 Å². The highest BCUT2D eigenvalue weighted by molar-refractivity contribution is 7.88. The first-order valence-electron chi connectivity index (χ1n) is 7.32. The average Bonchev–Trinajstić information content (AvgIpc) is 2.53. The van der Waals surface area contributed by atoms with E-state index in [1.54, 1.807) is 31.2 Å². The predicted octanol–water partition coefficient (Wildman–Crippen LogP) is 1.66. The minimum absolute atomic E-state index is 0.183. The SMILES string of the molecule is CCOC(=O)c1ccc(NCc2ccc(CS(N)(=O)=O)cc2)nc1. The molecule has 24 heavy (non-hydrogen) atoms. The first-order chi connectivity index (χ1) is 11.4. The number of primary sulfonamides is 1. The Morgan fingerprint density at radius 1 is 1.17 bits per heavy atom. The van der Waals surface area contributed by atoms with Crippen LogP contribution in [0.15, 0.2) is 42.6 Å². The molecule has 2 aromatic rings. The van der Waals surface area contributed by atoms with Crippen molar-refractivity contribution in [1.82, 2.24) is 4.98 Å². The van der Waals surface area contributed by atoms with Gasteiger partial charge in [0.25, 0.3) is 0 Å². The van der Waals surface area contributed by atoms with Gasteiger partial charge in [-0.2, -0.15) is 0 Å². The highest BCUT2D eigenvalue weighted by Gasteiger charge is 2.07. The molecule has 0 amide bonds. The summed E-state index contributed by atoms with van der Waals surface area (Å²) in [5, 5.41) is 8.13. The van der Waals surface area contributed by atoms with E-state index in [-0.39, 0.29) is 5.75 Å². The van der Waals surface area contributed by atoms with Crippen LogP contribution in [0, 0.1) is 0 Å². The largest absolute Gasteiger partial charge is 0.462 e. The number of nitrogens with two attached hydrogens (primary N) is 1. The Kier molecular flexibility index (Phi) is 5.88. The fourth-order valence-electron chi connectivity index (χ4n) is 2.01. The van der Waals surface area contributed by atoms with Crippen LogP contribution in [0.1, 0.15) is 28.4 Å². The van der Waals surface area contributed by atoms with E-state index < -0.39 is 16.0 Å². The van der Waals surface area contributed by atoms with Crippen molar-refractivity contribution in [3.8, 4) is 0 Å². The molecule has 7 nitrogen and oxygen atoms in total. The fourth-order valence-corrected chi connectivity index (χ4v) is 2.67. The predicted molar refractivity (Wildman–Crippen MR) is 90.8 cm³/mol. The van der Waals surface area contributed by atoms with Crippen molar-refractivity contribution in [2.45, 2.75) is 19.2 Å². The van der Waals surface area contributed by atoms with Crippen LogP contribution in [0.5, 0.6) is 0 Å². The molecule has 0 saturated heterocycles. The van der Waals surface area contributed by atoms with Crippen LogP contribution in [0.3, 0.4) is 0 Å². The lowest BCUT2D eigenvalue weighted by Crippen LogP contribution is -2.14. The van der Waals surface area contributed by atoms with Crippen LogP contribution in [0.25, 0.3) is 0 Å². The molecule has 0 spiro atoms. The number of nitrogens with zero attached hydrogens (tertiary/aromatic N) is 1. The van der Waals surface area contributed by atoms with Crippen molar-refractivity contribution < 1.29 is 17.9 Å². The van der Waals surface area contributed by atoms with Gasteiger partial charge in [0.05, 0.1) is 17.9 Å². The molecule has 1 aromatic carbocycles. The number of anilines is 1. The van der Waals surface area contributed by atoms with Crippen molar-refractivity contribution in [2.24, 2.45) is 5.14 Å². The maximum Gasteiger partial charge on any atom is 0.339 e. The van der Waals surface area contributed by atoms with Gasteiger partial charge >= 0.3 is 5.97 Å². The molecule has 0 fully saturated rings. The number of rotatable bonds is 7. The van der Waals surface area contributed by atoms with E-state index in [0.29, 0.717) is 30.1 Å². The smallest absolute Gasteiger partial charge is 0.339 e. The molecule has 0 bridgehead atoms. The van der Waals surface area contributed by atoms with Crippen LogP contribution in [0.4, 0.5) is 5.82 Å². The molecule has 1 aromatic heterocycles. The Morgan fingerprint density at radius 2 is 1.83 bits per heavy atom. The number of sulfonamides is 1. The second-order valence-corrected chi connectivity index (χ2v) is 6.74. The first-order valence-corrected chi connectivity index (χ1v) is 9.04. The normalized spacial score (nSPS) is 11.1. The number of carbonyl (C=O) groups is 1. The minimum Gasteiger partial charge on any atom is -0.462 e. The van der Waals surface area contributed by atoms with Gasteiger partial charge in [0, 0.05) is 12.7 Å². The van der Waals surface area contributed by atoms with Crippen LogP contribution in [-0.2, 0) is 27.1 Å². The van der Waals surface area contributed by atoms with Crippen molar-refractivity contribution in [1.29, 1.82) is 0 Å². The molecule has 8 heteroatoms. The topological polar surface area (TPSA) is 111 Å². The van der Waals surface area contributed by atoms with Crippen molar-refractivity contribution >= 4 is 21.8 Å². The van der Waals surface area contributed by atoms with E-state index >= 15 is 0 Å². The Labute approximate surface area is 140 Å². The zero-order chi connectivity index (χ0) is 17.6. The van der Waals surface area contributed by atoms with Gasteiger partial charge in [0.1, 0.15) is 5.82 Å². The van der Waals surface area contributed by atoms with E-state index in [9.17, 15) is 13.2 Å². The fraction of sp³-hybridized carbons (Fsp3) is 0.250. The Hall–Kier alpha value is -2.45. The van der Waals surface area contributed by atoms with Gasteiger partial charge in [0.2, 0.25) is 10.0 Å². The molecule has 0 aliphatic rings. The second-order valence-electron chi connectivity index (χ2n) is 5.13. The van der Waals surface area contributed by atoms with Crippen molar-refractivity contribution in [3.05, 3.63) is 59.3 Å². The quantitative estimate of drug-likeness (QED) is 0.735. The van der Waals surface area contributed by atoms with Crippen LogP contribution < -0.4 is 10.5 Å². The van der Waals surface area contributed by atoms with Gasteiger partial charge in [0.15, 0.2) is 0 Å². The summed E-state index contributed by atoms with van der Waals surface area (Å²) in [4.78, 5) is 15.7. The molecule has 0 unspecified atom stereocenters. The lowest BCUT2D eigenvalue weighted by molar-refractivity contribution is 0.0526. The standard InChI is InChI=1S/C16H19N3O4S/c1-2-23-16(20)14-7-8-15(19-10-14)18-9-12-3-5-13(6-4-12)11-24(17,21)22/h3-8,10H,2,9,11H2,1H3,(H,18,19)(H2,17,21,22). The van der Waals surface area contributed by atoms with E-state index in [2.05, 4.69) is 10.3 Å². The van der Waals surface area contributed by atoms with Crippen molar-refractivity contribution in [2.75, 3.05) is 11.9 Å². The summed E-state index contributed by atoms with van der Waals surface area (Å²) in [5.41, 5.74) is 2.00. The minimum atomic E-state index is -3.52. The number of ether oxygens (including phenoxy) is 1. The van der Waals surface area contributed by atoms with E-state index in [1.807, 2.05) is 12.1 Å². The molecular formula is C16H19N3O4S. The number of nitrogens with one attached hydrogen (secondary N) is 1. The number of aromatic nitrogens is 1. The maximum absolute atomic E-state index is 11.5. The molecule has 1 heterocycles. The number of hydrogen-bond acceptors (Lipinski definition) is 6. The van der Waals surface area contributed by atoms with Crippen LogP contribution >= 0.6 is 0 Å². The third-order valence-corrected chi connectivity index (χ3v) is 3.87. The highest BCUT2D eigenvalue weighted by Crippen LogP contribution is 2.11. The van der Waals surface area contributed by atoms with Gasteiger partial charge in [-0.15, -0.1) is 0 Å². The average molecular weight is 349 g/mol. The number of hydrogen-bond donors (Lipinski definition) is 2. The Bertz CT molecular complexity index is 787. The molecule has 0 saturated carbocycles. The van der Waals surface area contributed by atoms with Gasteiger partial charge in [-0.3, -0.25) is 0 Å². The number of pyridine rings is 1. The summed E-state index contributed by atoms with van der Waals surface area (Å²) in [6, 6.07) is 10.4. The van der Waals surface area contributed by atoms with E-state index in [4.69, 9.17) is 9.88 Å². The number of esters is 1. The van der Waals surface area contributed by atoms with Crippen molar-refractivity contribution in [3.63, 3.8) is 0 Å². The zero-order valence-electron chi connectivity index (χ0n) is 13.2. The third kappa shape index (κ3) is 5.64. The molecule has 2 rings (SSSR count). The number of carbonyl (C=O) groups excluding carboxylic acids is 1. The summed E-state index contributed by atoms with van der Waals surface area (Å²) >= 11 is 0. The molecule has 3 N–H and O–H groups in total. The summed E-state index contributed by atoms with van der Waals surface area (Å²) in [6.45, 7) is 2.58. The molecule has 128 valence electrons. The summed E-state index contributed by atoms with van der Waals surface area (Å²) in [7, 11) is -3.52. The van der Waals surface area contributed by atoms with E-state index in [0.717, 1.165) is 5.56 Å². The summed E-state index contributed by atoms with van der Waals surface area (Å²) < 4.78 is 27.0. The monoisotopic (exact) mass is 349 g/mol. The Morgan fingerprint density at radius 3 is 2.38 bits per heavy atom. The van der Waals surface area contributed by atoms with Gasteiger partial charge in [-0.1, -0.05) is 24.3 Å².